The second-order valence-electron chi connectivity index (χ2n) is 3.84. The fourth-order valence-electron chi connectivity index (χ4n) is 1.56. The van der Waals surface area contributed by atoms with Crippen molar-refractivity contribution in [1.82, 2.24) is 4.98 Å². The average molecular weight is 421 g/mol. The summed E-state index contributed by atoms with van der Waals surface area (Å²) in [5, 5.41) is 2.77. The van der Waals surface area contributed by atoms with Crippen LogP contribution in [0.3, 0.4) is 0 Å². The summed E-state index contributed by atoms with van der Waals surface area (Å²) in [4.78, 5) is 3.93. The van der Waals surface area contributed by atoms with Gasteiger partial charge in [0.2, 0.25) is 0 Å². The molecule has 2 rings (SSSR count). The zero-order valence-corrected chi connectivity index (χ0v) is 14.4. The Hall–Kier alpha value is -1.12. The van der Waals surface area contributed by atoms with Gasteiger partial charge in [-0.05, 0) is 46.3 Å². The van der Waals surface area contributed by atoms with Gasteiger partial charge in [-0.2, -0.15) is 8.42 Å². The van der Waals surface area contributed by atoms with Crippen molar-refractivity contribution in [3.8, 4) is 0 Å². The number of benzene rings is 1. The van der Waals surface area contributed by atoms with Crippen molar-refractivity contribution in [3.63, 3.8) is 0 Å². The summed E-state index contributed by atoms with van der Waals surface area (Å²) in [6.45, 7) is 0. The van der Waals surface area contributed by atoms with E-state index >= 15 is 0 Å². The minimum atomic E-state index is -3.76. The third kappa shape index (κ3) is 3.31. The first-order chi connectivity index (χ1) is 9.44. The topological polar surface area (TPSA) is 71.1 Å². The first-order valence-electron chi connectivity index (χ1n) is 5.54. The van der Waals surface area contributed by atoms with E-state index in [4.69, 9.17) is 0 Å². The van der Waals surface area contributed by atoms with E-state index in [2.05, 4.69) is 46.9 Å². The number of aromatic nitrogens is 1. The Morgan fingerprint density at radius 3 is 2.55 bits per heavy atom. The van der Waals surface area contributed by atoms with E-state index in [1.54, 1.807) is 37.4 Å². The Morgan fingerprint density at radius 2 is 1.90 bits per heavy atom. The molecular weight excluding hydrogens is 410 g/mol. The van der Waals surface area contributed by atoms with Crippen molar-refractivity contribution in [3.05, 3.63) is 45.5 Å². The van der Waals surface area contributed by atoms with Crippen LogP contribution in [-0.4, -0.2) is 20.4 Å². The molecule has 0 radical (unpaired) electrons. The van der Waals surface area contributed by atoms with Gasteiger partial charge in [-0.1, -0.05) is 15.9 Å². The number of halogens is 2. The fourth-order valence-corrected chi connectivity index (χ4v) is 4.06. The van der Waals surface area contributed by atoms with Crippen LogP contribution in [0.15, 0.2) is 50.5 Å². The third-order valence-corrected chi connectivity index (χ3v) is 4.94. The Morgan fingerprint density at radius 1 is 1.15 bits per heavy atom. The maximum absolute atomic E-state index is 12.4. The van der Waals surface area contributed by atoms with E-state index in [0.29, 0.717) is 15.8 Å². The van der Waals surface area contributed by atoms with Gasteiger partial charge < -0.3 is 5.32 Å². The van der Waals surface area contributed by atoms with Crippen LogP contribution in [0, 0.1) is 0 Å². The number of anilines is 2. The maximum Gasteiger partial charge on any atom is 0.281 e. The summed E-state index contributed by atoms with van der Waals surface area (Å²) < 4.78 is 28.7. The molecule has 2 N–H and O–H groups in total. The summed E-state index contributed by atoms with van der Waals surface area (Å²) >= 11 is 6.63. The SMILES string of the molecule is CNc1cccnc1S(=O)(=O)Nc1ccc(Br)cc1Br. The number of sulfonamides is 1. The lowest BCUT2D eigenvalue weighted by Crippen LogP contribution is -2.16. The van der Waals surface area contributed by atoms with Gasteiger partial charge in [0.05, 0.1) is 11.4 Å². The minimum absolute atomic E-state index is 0.0441. The molecule has 0 amide bonds. The second-order valence-corrected chi connectivity index (χ2v) is 7.20. The fraction of sp³-hybridized carbons (Fsp3) is 0.0833. The molecule has 0 saturated carbocycles. The standard InChI is InChI=1S/C12H11Br2N3O2S/c1-15-11-3-2-6-16-12(11)20(18,19)17-10-5-4-8(13)7-9(10)14/h2-7,15,17H,1H3. The monoisotopic (exact) mass is 419 g/mol. The van der Waals surface area contributed by atoms with Crippen LogP contribution in [0.1, 0.15) is 0 Å². The van der Waals surface area contributed by atoms with Crippen molar-refractivity contribution in [2.75, 3.05) is 17.1 Å². The molecule has 0 aliphatic rings. The van der Waals surface area contributed by atoms with Gasteiger partial charge in [0.1, 0.15) is 0 Å². The number of nitrogens with zero attached hydrogens (tertiary/aromatic N) is 1. The van der Waals surface area contributed by atoms with E-state index in [1.165, 1.54) is 6.20 Å². The molecule has 1 heterocycles. The number of pyridine rings is 1. The van der Waals surface area contributed by atoms with E-state index in [0.717, 1.165) is 4.47 Å². The molecule has 20 heavy (non-hydrogen) atoms. The van der Waals surface area contributed by atoms with Crippen molar-refractivity contribution in [1.29, 1.82) is 0 Å². The van der Waals surface area contributed by atoms with Crippen LogP contribution in [0.25, 0.3) is 0 Å². The number of nitrogens with one attached hydrogen (secondary N) is 2. The molecule has 0 atom stereocenters. The molecule has 5 nitrogen and oxygen atoms in total. The lowest BCUT2D eigenvalue weighted by atomic mass is 10.3. The first kappa shape index (κ1) is 15.3. The molecule has 2 aromatic rings. The quantitative estimate of drug-likeness (QED) is 0.794. The van der Waals surface area contributed by atoms with E-state index < -0.39 is 10.0 Å². The van der Waals surface area contributed by atoms with E-state index in [9.17, 15) is 8.42 Å². The minimum Gasteiger partial charge on any atom is -0.386 e. The zero-order valence-electron chi connectivity index (χ0n) is 10.4. The van der Waals surface area contributed by atoms with Crippen LogP contribution >= 0.6 is 31.9 Å². The molecule has 0 aliphatic carbocycles. The van der Waals surface area contributed by atoms with Gasteiger partial charge in [0.15, 0.2) is 5.03 Å². The molecule has 0 aliphatic heterocycles. The lowest BCUT2D eigenvalue weighted by Gasteiger charge is -2.12. The first-order valence-corrected chi connectivity index (χ1v) is 8.61. The Balaban J connectivity index is 2.41. The Labute approximate surface area is 134 Å². The highest BCUT2D eigenvalue weighted by Gasteiger charge is 2.20. The number of hydrogen-bond acceptors (Lipinski definition) is 4. The van der Waals surface area contributed by atoms with E-state index in [-0.39, 0.29) is 5.03 Å². The van der Waals surface area contributed by atoms with Gasteiger partial charge >= 0.3 is 0 Å². The highest BCUT2D eigenvalue weighted by atomic mass is 79.9. The highest BCUT2D eigenvalue weighted by Crippen LogP contribution is 2.29. The molecule has 0 bridgehead atoms. The normalized spacial score (nSPS) is 11.2. The molecule has 8 heteroatoms. The zero-order chi connectivity index (χ0) is 14.8. The molecule has 1 aromatic heterocycles. The largest absolute Gasteiger partial charge is 0.386 e. The summed E-state index contributed by atoms with van der Waals surface area (Å²) in [5.74, 6) is 0. The predicted molar refractivity (Wildman–Crippen MR) is 86.4 cm³/mol. The van der Waals surface area contributed by atoms with Crippen molar-refractivity contribution in [2.45, 2.75) is 5.03 Å². The number of hydrogen-bond donors (Lipinski definition) is 2. The van der Waals surface area contributed by atoms with Gasteiger partial charge in [-0.15, -0.1) is 0 Å². The number of rotatable bonds is 4. The Bertz CT molecular complexity index is 735. The van der Waals surface area contributed by atoms with Crippen LogP contribution in [0.4, 0.5) is 11.4 Å². The molecule has 0 unspecified atom stereocenters. The van der Waals surface area contributed by atoms with Crippen LogP contribution in [0.2, 0.25) is 0 Å². The second kappa shape index (κ2) is 6.11. The third-order valence-electron chi connectivity index (χ3n) is 2.47. The van der Waals surface area contributed by atoms with Gasteiger partial charge in [0.25, 0.3) is 10.0 Å². The lowest BCUT2D eigenvalue weighted by molar-refractivity contribution is 0.598. The molecule has 0 saturated heterocycles. The smallest absolute Gasteiger partial charge is 0.281 e. The maximum atomic E-state index is 12.4. The summed E-state index contributed by atoms with van der Waals surface area (Å²) in [6.07, 6.45) is 1.44. The molecule has 0 fully saturated rings. The molecule has 0 spiro atoms. The van der Waals surface area contributed by atoms with Crippen LogP contribution < -0.4 is 10.0 Å². The summed E-state index contributed by atoms with van der Waals surface area (Å²) in [5.41, 5.74) is 0.883. The van der Waals surface area contributed by atoms with Gasteiger partial charge in [-0.3, -0.25) is 4.72 Å². The van der Waals surface area contributed by atoms with Gasteiger partial charge in [0, 0.05) is 22.2 Å². The van der Waals surface area contributed by atoms with Crippen LogP contribution in [0.5, 0.6) is 0 Å². The van der Waals surface area contributed by atoms with Gasteiger partial charge in [-0.25, -0.2) is 4.98 Å². The molecular formula is C12H11Br2N3O2S. The summed E-state index contributed by atoms with van der Waals surface area (Å²) in [6, 6.07) is 8.49. The van der Waals surface area contributed by atoms with Crippen LogP contribution in [-0.2, 0) is 10.0 Å². The predicted octanol–water partition coefficient (Wildman–Crippen LogP) is 3.45. The summed E-state index contributed by atoms with van der Waals surface area (Å²) in [7, 11) is -2.12. The van der Waals surface area contributed by atoms with Crippen molar-refractivity contribution < 1.29 is 8.42 Å². The van der Waals surface area contributed by atoms with E-state index in [1.807, 2.05) is 0 Å². The highest BCUT2D eigenvalue weighted by molar-refractivity contribution is 9.11. The Kier molecular flexibility index (Phi) is 4.66. The average Bonchev–Trinajstić information content (AvgIpc) is 2.42. The molecule has 1 aromatic carbocycles. The molecule has 106 valence electrons. The van der Waals surface area contributed by atoms with Crippen molar-refractivity contribution in [2.24, 2.45) is 0 Å². The van der Waals surface area contributed by atoms with Crippen molar-refractivity contribution >= 4 is 53.3 Å².